The summed E-state index contributed by atoms with van der Waals surface area (Å²) in [4.78, 5) is 3.76. The van der Waals surface area contributed by atoms with Crippen LogP contribution in [0.25, 0.3) is 10.2 Å². The molecular formula is C7H6NNaO3S2. The molecule has 70 valence electrons. The van der Waals surface area contributed by atoms with Crippen LogP contribution in [0.3, 0.4) is 0 Å². The zero-order chi connectivity index (χ0) is 9.47. The molecule has 7 heteroatoms. The Bertz CT molecular complexity index is 521. The van der Waals surface area contributed by atoms with Crippen LogP contribution >= 0.6 is 11.3 Å². The van der Waals surface area contributed by atoms with E-state index in [0.717, 1.165) is 16.0 Å². The predicted octanol–water partition coefficient (Wildman–Crippen LogP) is -1.34. The molecule has 0 spiro atoms. The Morgan fingerprint density at radius 3 is 2.57 bits per heavy atom. The number of thiazole rings is 1. The van der Waals surface area contributed by atoms with Crippen molar-refractivity contribution in [3.63, 3.8) is 0 Å². The molecule has 0 bridgehead atoms. The van der Waals surface area contributed by atoms with Crippen LogP contribution in [0.15, 0.2) is 28.6 Å². The maximum absolute atomic E-state index is 10.7. The van der Waals surface area contributed by atoms with Crippen molar-refractivity contribution in [1.29, 1.82) is 0 Å². The second-order valence-corrected chi connectivity index (χ2v) is 5.05. The van der Waals surface area contributed by atoms with Gasteiger partial charge in [0.25, 0.3) is 0 Å². The molecule has 2 aromatic rings. The maximum atomic E-state index is 10.7. The van der Waals surface area contributed by atoms with Crippen LogP contribution in [0.2, 0.25) is 0 Å². The Hall–Kier alpha value is 0.0200. The van der Waals surface area contributed by atoms with Crippen molar-refractivity contribution in [2.75, 3.05) is 0 Å². The zero-order valence-corrected chi connectivity index (χ0v) is 11.0. The maximum Gasteiger partial charge on any atom is 1.00 e. The van der Waals surface area contributed by atoms with Crippen LogP contribution in [0.5, 0.6) is 0 Å². The summed E-state index contributed by atoms with van der Waals surface area (Å²) < 4.78 is 30.6. The van der Waals surface area contributed by atoms with Gasteiger partial charge in [0.15, 0.2) is 0 Å². The topological polar surface area (TPSA) is 67.3 Å². The molecule has 1 N–H and O–H groups in total. The first-order chi connectivity index (χ1) is 6.07. The summed E-state index contributed by atoms with van der Waals surface area (Å²) in [6.45, 7) is 0. The monoisotopic (exact) mass is 239 g/mol. The summed E-state index contributed by atoms with van der Waals surface area (Å²) in [5, 5.41) is 0. The Morgan fingerprint density at radius 2 is 2.00 bits per heavy atom. The third kappa shape index (κ3) is 2.33. The molecule has 0 saturated heterocycles. The summed E-state index contributed by atoms with van der Waals surface area (Å²) in [6, 6.07) is 6.99. The molecule has 0 aliphatic rings. The fourth-order valence-corrected chi connectivity index (χ4v) is 2.56. The van der Waals surface area contributed by atoms with E-state index in [-0.39, 0.29) is 35.3 Å². The van der Waals surface area contributed by atoms with Gasteiger partial charge in [0.1, 0.15) is 0 Å². The second kappa shape index (κ2) is 4.26. The van der Waals surface area contributed by atoms with Crippen LogP contribution in [-0.4, -0.2) is 18.0 Å². The van der Waals surface area contributed by atoms with Crippen molar-refractivity contribution >= 4 is 31.7 Å². The van der Waals surface area contributed by atoms with Crippen molar-refractivity contribution in [1.82, 2.24) is 4.98 Å². The fourth-order valence-electron chi connectivity index (χ4n) is 0.961. The Kier molecular flexibility index (Phi) is 3.68. The average Bonchev–Trinajstić information content (AvgIpc) is 2.45. The third-order valence-corrected chi connectivity index (χ3v) is 3.74. The van der Waals surface area contributed by atoms with Gasteiger partial charge in [0.05, 0.1) is 10.2 Å². The first-order valence-electron chi connectivity index (χ1n) is 3.40. The fraction of sp³-hybridized carbons (Fsp3) is 0. The molecule has 1 aromatic heterocycles. The first-order valence-corrected chi connectivity index (χ1v) is 5.66. The van der Waals surface area contributed by atoms with Gasteiger partial charge in [-0.25, -0.2) is 4.98 Å². The molecule has 0 atom stereocenters. The van der Waals surface area contributed by atoms with Gasteiger partial charge < -0.3 is 1.43 Å². The summed E-state index contributed by atoms with van der Waals surface area (Å²) in [5.74, 6) is 0. The molecule has 0 aliphatic carbocycles. The van der Waals surface area contributed by atoms with Crippen LogP contribution in [0.4, 0.5) is 0 Å². The van der Waals surface area contributed by atoms with Gasteiger partial charge in [-0.1, -0.05) is 12.1 Å². The molecule has 0 unspecified atom stereocenters. The minimum atomic E-state index is -4.16. The van der Waals surface area contributed by atoms with E-state index in [9.17, 15) is 8.42 Å². The Morgan fingerprint density at radius 1 is 1.36 bits per heavy atom. The van der Waals surface area contributed by atoms with Crippen molar-refractivity contribution in [2.24, 2.45) is 0 Å². The number of rotatable bonds is 1. The SMILES string of the molecule is O=S(=O)(O)c1nc2ccccc2s1.[H-].[Na+]. The standard InChI is InChI=1S/C7H5NO3S2.Na.H/c9-13(10,11)7-8-5-3-1-2-4-6(5)12-7;;/h1-4H,(H,9,10,11);;/q;+1;-1. The molecule has 1 aromatic carbocycles. The smallest absolute Gasteiger partial charge is 1.00 e. The molecule has 1 heterocycles. The summed E-state index contributed by atoms with van der Waals surface area (Å²) in [7, 11) is -4.16. The van der Waals surface area contributed by atoms with E-state index in [1.165, 1.54) is 0 Å². The van der Waals surface area contributed by atoms with Gasteiger partial charge in [-0.2, -0.15) is 8.42 Å². The van der Waals surface area contributed by atoms with Crippen molar-refractivity contribution in [2.45, 2.75) is 4.34 Å². The van der Waals surface area contributed by atoms with Gasteiger partial charge in [0, 0.05) is 0 Å². The van der Waals surface area contributed by atoms with Gasteiger partial charge in [-0.05, 0) is 12.1 Å². The Labute approximate surface area is 108 Å². The van der Waals surface area contributed by atoms with Crippen molar-refractivity contribution in [3.05, 3.63) is 24.3 Å². The number of para-hydroxylation sites is 1. The number of hydrogen-bond donors (Lipinski definition) is 1. The largest absolute Gasteiger partial charge is 1.00 e. The molecule has 2 rings (SSSR count). The van der Waals surface area contributed by atoms with E-state index >= 15 is 0 Å². The normalized spacial score (nSPS) is 11.2. The van der Waals surface area contributed by atoms with Crippen LogP contribution < -0.4 is 29.6 Å². The molecule has 14 heavy (non-hydrogen) atoms. The second-order valence-electron chi connectivity index (χ2n) is 2.42. The molecule has 0 aliphatic heterocycles. The summed E-state index contributed by atoms with van der Waals surface area (Å²) in [5.41, 5.74) is 0.583. The predicted molar refractivity (Wildman–Crippen MR) is 50.5 cm³/mol. The van der Waals surface area contributed by atoms with E-state index in [2.05, 4.69) is 4.98 Å². The van der Waals surface area contributed by atoms with E-state index in [1.807, 2.05) is 0 Å². The minimum Gasteiger partial charge on any atom is -1.00 e. The first kappa shape index (κ1) is 12.1. The molecule has 0 saturated carbocycles. The van der Waals surface area contributed by atoms with Crippen LogP contribution in [0, 0.1) is 0 Å². The van der Waals surface area contributed by atoms with Crippen LogP contribution in [0.1, 0.15) is 1.43 Å². The number of fused-ring (bicyclic) bond motifs is 1. The van der Waals surface area contributed by atoms with Gasteiger partial charge in [-0.3, -0.25) is 4.55 Å². The van der Waals surface area contributed by atoms with E-state index in [0.29, 0.717) is 5.52 Å². The van der Waals surface area contributed by atoms with Gasteiger partial charge in [0.2, 0.25) is 4.34 Å². The summed E-state index contributed by atoms with van der Waals surface area (Å²) in [6.07, 6.45) is 0. The molecule has 4 nitrogen and oxygen atoms in total. The van der Waals surface area contributed by atoms with E-state index in [4.69, 9.17) is 4.55 Å². The van der Waals surface area contributed by atoms with Crippen molar-refractivity contribution < 1.29 is 44.0 Å². The zero-order valence-electron chi connectivity index (χ0n) is 8.34. The average molecular weight is 239 g/mol. The number of aromatic nitrogens is 1. The third-order valence-electron chi connectivity index (χ3n) is 1.49. The quantitative estimate of drug-likeness (QED) is 0.494. The molecule has 0 radical (unpaired) electrons. The Balaban J connectivity index is 0.000000980. The number of benzene rings is 1. The minimum absolute atomic E-state index is 0. The van der Waals surface area contributed by atoms with Crippen LogP contribution in [-0.2, 0) is 10.1 Å². The van der Waals surface area contributed by atoms with E-state index < -0.39 is 10.1 Å². The molecule has 0 fully saturated rings. The number of hydrogen-bond acceptors (Lipinski definition) is 4. The summed E-state index contributed by atoms with van der Waals surface area (Å²) >= 11 is 0.955. The van der Waals surface area contributed by atoms with Gasteiger partial charge >= 0.3 is 39.7 Å². The molecule has 0 amide bonds. The number of nitrogens with zero attached hydrogens (tertiary/aromatic N) is 1. The van der Waals surface area contributed by atoms with Gasteiger partial charge in [-0.15, -0.1) is 11.3 Å². The van der Waals surface area contributed by atoms with E-state index in [1.54, 1.807) is 24.3 Å². The molecular weight excluding hydrogens is 233 g/mol. The van der Waals surface area contributed by atoms with Crippen molar-refractivity contribution in [3.8, 4) is 0 Å².